The van der Waals surface area contributed by atoms with Gasteiger partial charge in [0.1, 0.15) is 5.75 Å². The van der Waals surface area contributed by atoms with E-state index in [9.17, 15) is 8.42 Å². The molecule has 0 radical (unpaired) electrons. The highest BCUT2D eigenvalue weighted by Crippen LogP contribution is 2.28. The predicted molar refractivity (Wildman–Crippen MR) is 95.2 cm³/mol. The van der Waals surface area contributed by atoms with E-state index in [0.29, 0.717) is 29.2 Å². The molecule has 22 heavy (non-hydrogen) atoms. The fourth-order valence-electron chi connectivity index (χ4n) is 1.97. The average Bonchev–Trinajstić information content (AvgIpc) is 2.39. The number of hydrogen-bond donors (Lipinski definition) is 2. The Morgan fingerprint density at radius 2 is 2.00 bits per heavy atom. The first-order valence-electron chi connectivity index (χ1n) is 6.94. The Labute approximate surface area is 147 Å². The van der Waals surface area contributed by atoms with Gasteiger partial charge in [-0.2, -0.15) is 0 Å². The van der Waals surface area contributed by atoms with E-state index in [1.165, 1.54) is 12.1 Å². The van der Waals surface area contributed by atoms with Crippen molar-refractivity contribution in [1.29, 1.82) is 0 Å². The van der Waals surface area contributed by atoms with Gasteiger partial charge < -0.3 is 10.5 Å². The lowest BCUT2D eigenvalue weighted by atomic mass is 10.1. The van der Waals surface area contributed by atoms with Crippen molar-refractivity contribution in [3.05, 3.63) is 22.7 Å². The van der Waals surface area contributed by atoms with Gasteiger partial charge in [-0.25, -0.2) is 13.1 Å². The van der Waals surface area contributed by atoms with Crippen molar-refractivity contribution in [3.8, 4) is 5.75 Å². The quantitative estimate of drug-likeness (QED) is 0.684. The highest BCUT2D eigenvalue weighted by molar-refractivity contribution is 9.10. The number of ether oxygens (including phenoxy) is 1. The van der Waals surface area contributed by atoms with Crippen LogP contribution in [0, 0.1) is 5.92 Å². The SMILES string of the molecule is CCOc1ccc(S(=O)(=O)NC(CN)CC(C)C)cc1Br.Cl. The second-order valence-electron chi connectivity index (χ2n) is 5.21. The Bertz CT molecular complexity index is 567. The monoisotopic (exact) mass is 414 g/mol. The lowest BCUT2D eigenvalue weighted by Crippen LogP contribution is -2.40. The summed E-state index contributed by atoms with van der Waals surface area (Å²) in [6.07, 6.45) is 0.702. The highest BCUT2D eigenvalue weighted by Gasteiger charge is 2.21. The van der Waals surface area contributed by atoms with E-state index in [1.54, 1.807) is 6.07 Å². The standard InChI is InChI=1S/C14H23BrN2O3S.ClH/c1-4-20-14-6-5-12(8-13(14)15)21(18,19)17-11(9-16)7-10(2)3;/h5-6,8,10-11,17H,4,7,9,16H2,1-3H3;1H. The molecule has 5 nitrogen and oxygen atoms in total. The van der Waals surface area contributed by atoms with Crippen LogP contribution >= 0.6 is 28.3 Å². The molecule has 0 aliphatic heterocycles. The first-order valence-corrected chi connectivity index (χ1v) is 9.22. The third kappa shape index (κ3) is 6.42. The van der Waals surface area contributed by atoms with Crippen molar-refractivity contribution in [2.24, 2.45) is 11.7 Å². The molecular formula is C14H24BrClN2O3S. The Hall–Kier alpha value is -0.340. The molecule has 0 fully saturated rings. The average molecular weight is 416 g/mol. The molecule has 0 saturated carbocycles. The van der Waals surface area contributed by atoms with E-state index in [4.69, 9.17) is 10.5 Å². The number of halogens is 2. The fraction of sp³-hybridized carbons (Fsp3) is 0.571. The van der Waals surface area contributed by atoms with Crippen molar-refractivity contribution in [3.63, 3.8) is 0 Å². The largest absolute Gasteiger partial charge is 0.493 e. The molecular weight excluding hydrogens is 392 g/mol. The van der Waals surface area contributed by atoms with Crippen LogP contribution in [0.1, 0.15) is 27.2 Å². The van der Waals surface area contributed by atoms with Crippen molar-refractivity contribution < 1.29 is 13.2 Å². The molecule has 1 aromatic carbocycles. The molecule has 0 aliphatic carbocycles. The molecule has 0 spiro atoms. The van der Waals surface area contributed by atoms with E-state index in [-0.39, 0.29) is 29.9 Å². The molecule has 8 heteroatoms. The van der Waals surface area contributed by atoms with Gasteiger partial charge in [0.2, 0.25) is 10.0 Å². The van der Waals surface area contributed by atoms with Gasteiger partial charge in [0.25, 0.3) is 0 Å². The molecule has 1 rings (SSSR count). The molecule has 1 unspecified atom stereocenters. The molecule has 0 bridgehead atoms. The zero-order chi connectivity index (χ0) is 16.0. The van der Waals surface area contributed by atoms with Crippen LogP contribution in [0.5, 0.6) is 5.75 Å². The number of nitrogens with one attached hydrogen (secondary N) is 1. The van der Waals surface area contributed by atoms with Gasteiger partial charge in [-0.15, -0.1) is 12.4 Å². The topological polar surface area (TPSA) is 81.4 Å². The van der Waals surface area contributed by atoms with Crippen LogP contribution in [0.2, 0.25) is 0 Å². The van der Waals surface area contributed by atoms with Gasteiger partial charge in [0.05, 0.1) is 16.0 Å². The third-order valence-corrected chi connectivity index (χ3v) is 5.01. The maximum Gasteiger partial charge on any atom is 0.240 e. The third-order valence-electron chi connectivity index (χ3n) is 2.88. The molecule has 0 amide bonds. The number of hydrogen-bond acceptors (Lipinski definition) is 4. The minimum atomic E-state index is -3.59. The van der Waals surface area contributed by atoms with Gasteiger partial charge in [-0.05, 0) is 53.4 Å². The molecule has 0 heterocycles. The molecule has 1 atom stereocenters. The van der Waals surface area contributed by atoms with Gasteiger partial charge in [0, 0.05) is 12.6 Å². The molecule has 128 valence electrons. The molecule has 0 aliphatic rings. The van der Waals surface area contributed by atoms with E-state index < -0.39 is 10.0 Å². The second-order valence-corrected chi connectivity index (χ2v) is 7.78. The number of sulfonamides is 1. The summed E-state index contributed by atoms with van der Waals surface area (Å²) in [5, 5.41) is 0. The van der Waals surface area contributed by atoms with Crippen molar-refractivity contribution in [2.45, 2.75) is 38.1 Å². The van der Waals surface area contributed by atoms with Crippen molar-refractivity contribution in [1.82, 2.24) is 4.72 Å². The Morgan fingerprint density at radius 1 is 1.36 bits per heavy atom. The van der Waals surface area contributed by atoms with Crippen LogP contribution in [0.4, 0.5) is 0 Å². The van der Waals surface area contributed by atoms with Crippen LogP contribution in [-0.2, 0) is 10.0 Å². The molecule has 0 aromatic heterocycles. The minimum Gasteiger partial charge on any atom is -0.493 e. The summed E-state index contributed by atoms with van der Waals surface area (Å²) in [6.45, 7) is 6.73. The summed E-state index contributed by atoms with van der Waals surface area (Å²) in [7, 11) is -3.59. The van der Waals surface area contributed by atoms with Crippen molar-refractivity contribution in [2.75, 3.05) is 13.2 Å². The molecule has 1 aromatic rings. The number of nitrogens with two attached hydrogens (primary N) is 1. The second kappa shape index (κ2) is 9.72. The number of benzene rings is 1. The highest BCUT2D eigenvalue weighted by atomic mass is 79.9. The summed E-state index contributed by atoms with van der Waals surface area (Å²) >= 11 is 3.32. The summed E-state index contributed by atoms with van der Waals surface area (Å²) < 4.78 is 33.4. The van der Waals surface area contributed by atoms with Gasteiger partial charge in [0.15, 0.2) is 0 Å². The predicted octanol–water partition coefficient (Wildman–Crippen LogP) is 2.92. The summed E-state index contributed by atoms with van der Waals surface area (Å²) in [5.41, 5.74) is 5.64. The molecule has 0 saturated heterocycles. The van der Waals surface area contributed by atoms with Gasteiger partial charge >= 0.3 is 0 Å². The normalized spacial score (nSPS) is 12.8. The van der Waals surface area contributed by atoms with Crippen LogP contribution in [0.15, 0.2) is 27.6 Å². The Balaban J connectivity index is 0.00000441. The zero-order valence-corrected chi connectivity index (χ0v) is 16.2. The van der Waals surface area contributed by atoms with E-state index >= 15 is 0 Å². The van der Waals surface area contributed by atoms with Crippen LogP contribution in [0.25, 0.3) is 0 Å². The van der Waals surface area contributed by atoms with E-state index in [1.807, 2.05) is 20.8 Å². The maximum absolute atomic E-state index is 12.4. The summed E-state index contributed by atoms with van der Waals surface area (Å²) in [6, 6.07) is 4.44. The lowest BCUT2D eigenvalue weighted by Gasteiger charge is -2.19. The van der Waals surface area contributed by atoms with Crippen LogP contribution in [0.3, 0.4) is 0 Å². The van der Waals surface area contributed by atoms with Gasteiger partial charge in [-0.3, -0.25) is 0 Å². The summed E-state index contributed by atoms with van der Waals surface area (Å²) in [4.78, 5) is 0.194. The van der Waals surface area contributed by atoms with E-state index in [2.05, 4.69) is 20.7 Å². The van der Waals surface area contributed by atoms with Crippen LogP contribution < -0.4 is 15.2 Å². The Morgan fingerprint density at radius 3 is 2.45 bits per heavy atom. The lowest BCUT2D eigenvalue weighted by molar-refractivity contribution is 0.338. The molecule has 3 N–H and O–H groups in total. The zero-order valence-electron chi connectivity index (χ0n) is 13.0. The minimum absolute atomic E-state index is 0. The first kappa shape index (κ1) is 21.7. The summed E-state index contributed by atoms with van der Waals surface area (Å²) in [5.74, 6) is 0.988. The van der Waals surface area contributed by atoms with Gasteiger partial charge in [-0.1, -0.05) is 13.8 Å². The maximum atomic E-state index is 12.4. The van der Waals surface area contributed by atoms with E-state index in [0.717, 1.165) is 0 Å². The van der Waals surface area contributed by atoms with Crippen molar-refractivity contribution >= 4 is 38.4 Å². The number of rotatable bonds is 8. The smallest absolute Gasteiger partial charge is 0.240 e. The fourth-order valence-corrected chi connectivity index (χ4v) is 3.90. The Kier molecular flexibility index (Phi) is 9.57. The first-order chi connectivity index (χ1) is 9.80. The van der Waals surface area contributed by atoms with Crippen LogP contribution in [-0.4, -0.2) is 27.6 Å².